The fourth-order valence-corrected chi connectivity index (χ4v) is 3.49. The van der Waals surface area contributed by atoms with E-state index in [1.807, 2.05) is 18.2 Å². The number of nitrogens with one attached hydrogen (secondary N) is 1. The molecule has 6 heteroatoms. The molecule has 22 heavy (non-hydrogen) atoms. The molecule has 0 saturated carbocycles. The number of carbonyl (C=O) groups excluding carboxylic acids is 1. The van der Waals surface area contributed by atoms with E-state index < -0.39 is 0 Å². The van der Waals surface area contributed by atoms with Crippen molar-refractivity contribution in [2.24, 2.45) is 0 Å². The van der Waals surface area contributed by atoms with Crippen LogP contribution in [0.1, 0.15) is 31.2 Å². The molecule has 0 spiro atoms. The van der Waals surface area contributed by atoms with Gasteiger partial charge in [0.1, 0.15) is 0 Å². The number of benzene rings is 1. The summed E-state index contributed by atoms with van der Waals surface area (Å²) in [6.45, 7) is 2.28. The SMILES string of the molecule is CCCSC1=C(C#N)[C@@H](c2ccc3c(c2)OCO3)CC(=O)N1. The van der Waals surface area contributed by atoms with Gasteiger partial charge in [-0.05, 0) is 29.9 Å². The lowest BCUT2D eigenvalue weighted by Gasteiger charge is -2.25. The monoisotopic (exact) mass is 316 g/mol. The van der Waals surface area contributed by atoms with Crippen LogP contribution in [-0.4, -0.2) is 18.5 Å². The van der Waals surface area contributed by atoms with Crippen molar-refractivity contribution in [2.75, 3.05) is 12.5 Å². The number of nitriles is 1. The Morgan fingerprint density at radius 2 is 2.23 bits per heavy atom. The van der Waals surface area contributed by atoms with Crippen molar-refractivity contribution < 1.29 is 14.3 Å². The van der Waals surface area contributed by atoms with E-state index >= 15 is 0 Å². The molecule has 5 nitrogen and oxygen atoms in total. The summed E-state index contributed by atoms with van der Waals surface area (Å²) in [7, 11) is 0. The van der Waals surface area contributed by atoms with E-state index in [4.69, 9.17) is 9.47 Å². The molecule has 1 amide bonds. The third kappa shape index (κ3) is 2.77. The molecule has 0 aromatic heterocycles. The summed E-state index contributed by atoms with van der Waals surface area (Å²) in [6, 6.07) is 7.87. The maximum atomic E-state index is 12.0. The molecular weight excluding hydrogens is 300 g/mol. The minimum Gasteiger partial charge on any atom is -0.454 e. The highest BCUT2D eigenvalue weighted by molar-refractivity contribution is 8.03. The van der Waals surface area contributed by atoms with Crippen LogP contribution in [0.3, 0.4) is 0 Å². The third-order valence-electron chi connectivity index (χ3n) is 3.61. The van der Waals surface area contributed by atoms with Gasteiger partial charge in [-0.15, -0.1) is 11.8 Å². The Bertz CT molecular complexity index is 678. The standard InChI is InChI=1S/C16H16N2O3S/c1-2-5-22-16-12(8-17)11(7-15(19)18-16)10-3-4-13-14(6-10)21-9-20-13/h3-4,6,11H,2,5,7,9H2,1H3,(H,18,19)/t11-/m1/s1. The van der Waals surface area contributed by atoms with E-state index in [-0.39, 0.29) is 25.0 Å². The molecule has 0 unspecified atom stereocenters. The first kappa shape index (κ1) is 14.8. The van der Waals surface area contributed by atoms with Crippen molar-refractivity contribution in [2.45, 2.75) is 25.7 Å². The highest BCUT2D eigenvalue weighted by atomic mass is 32.2. The summed E-state index contributed by atoms with van der Waals surface area (Å²) in [5.74, 6) is 1.96. The van der Waals surface area contributed by atoms with Crippen LogP contribution in [-0.2, 0) is 4.79 Å². The second-order valence-corrected chi connectivity index (χ2v) is 6.23. The van der Waals surface area contributed by atoms with Crippen molar-refractivity contribution in [3.05, 3.63) is 34.4 Å². The largest absolute Gasteiger partial charge is 0.454 e. The average molecular weight is 316 g/mol. The van der Waals surface area contributed by atoms with Gasteiger partial charge in [0.25, 0.3) is 0 Å². The number of hydrogen-bond acceptors (Lipinski definition) is 5. The van der Waals surface area contributed by atoms with Crippen LogP contribution in [0.5, 0.6) is 11.5 Å². The van der Waals surface area contributed by atoms with E-state index in [0.717, 1.165) is 17.7 Å². The number of amides is 1. The second kappa shape index (κ2) is 6.32. The van der Waals surface area contributed by atoms with Gasteiger partial charge in [-0.2, -0.15) is 5.26 Å². The molecule has 1 aromatic rings. The molecule has 2 heterocycles. The lowest BCUT2D eigenvalue weighted by atomic mass is 9.87. The summed E-state index contributed by atoms with van der Waals surface area (Å²) in [5, 5.41) is 13.1. The van der Waals surface area contributed by atoms with E-state index in [2.05, 4.69) is 18.3 Å². The third-order valence-corrected chi connectivity index (χ3v) is 4.83. The Balaban J connectivity index is 1.97. The fraction of sp³-hybridized carbons (Fsp3) is 0.375. The van der Waals surface area contributed by atoms with Crippen LogP contribution >= 0.6 is 11.8 Å². The van der Waals surface area contributed by atoms with Crippen molar-refractivity contribution in [1.29, 1.82) is 5.26 Å². The number of fused-ring (bicyclic) bond motifs is 1. The molecule has 0 saturated heterocycles. The molecule has 1 aromatic carbocycles. The number of rotatable bonds is 4. The van der Waals surface area contributed by atoms with Gasteiger partial charge in [-0.3, -0.25) is 4.79 Å². The van der Waals surface area contributed by atoms with E-state index in [1.54, 1.807) is 0 Å². The Morgan fingerprint density at radius 3 is 3.00 bits per heavy atom. The normalized spacial score (nSPS) is 19.8. The molecule has 0 fully saturated rings. The lowest BCUT2D eigenvalue weighted by Crippen LogP contribution is -2.30. The van der Waals surface area contributed by atoms with Gasteiger partial charge in [0.2, 0.25) is 12.7 Å². The predicted octanol–water partition coefficient (Wildman–Crippen LogP) is 2.90. The van der Waals surface area contributed by atoms with Crippen LogP contribution in [0.15, 0.2) is 28.8 Å². The maximum absolute atomic E-state index is 12.0. The van der Waals surface area contributed by atoms with Crippen LogP contribution < -0.4 is 14.8 Å². The van der Waals surface area contributed by atoms with Crippen LogP contribution in [0.25, 0.3) is 0 Å². The maximum Gasteiger partial charge on any atom is 0.231 e. The molecule has 3 rings (SSSR count). The quantitative estimate of drug-likeness (QED) is 0.925. The molecule has 0 bridgehead atoms. The minimum atomic E-state index is -0.229. The van der Waals surface area contributed by atoms with Gasteiger partial charge < -0.3 is 14.8 Å². The van der Waals surface area contributed by atoms with Gasteiger partial charge in [0.15, 0.2) is 11.5 Å². The number of ether oxygens (including phenoxy) is 2. The lowest BCUT2D eigenvalue weighted by molar-refractivity contribution is -0.120. The topological polar surface area (TPSA) is 71.3 Å². The van der Waals surface area contributed by atoms with E-state index in [9.17, 15) is 10.1 Å². The molecule has 1 atom stereocenters. The molecule has 114 valence electrons. The van der Waals surface area contributed by atoms with Gasteiger partial charge in [0.05, 0.1) is 16.7 Å². The first-order valence-electron chi connectivity index (χ1n) is 7.19. The van der Waals surface area contributed by atoms with Crippen LogP contribution in [0.2, 0.25) is 0 Å². The van der Waals surface area contributed by atoms with Crippen molar-refractivity contribution in [3.8, 4) is 17.6 Å². The Kier molecular flexibility index (Phi) is 4.25. The van der Waals surface area contributed by atoms with Crippen molar-refractivity contribution in [3.63, 3.8) is 0 Å². The summed E-state index contributed by atoms with van der Waals surface area (Å²) >= 11 is 1.53. The number of nitrogens with zero attached hydrogens (tertiary/aromatic N) is 1. The van der Waals surface area contributed by atoms with Gasteiger partial charge >= 0.3 is 0 Å². The fourth-order valence-electron chi connectivity index (χ4n) is 2.55. The highest BCUT2D eigenvalue weighted by Crippen LogP contribution is 2.40. The Morgan fingerprint density at radius 1 is 1.41 bits per heavy atom. The zero-order chi connectivity index (χ0) is 15.5. The first-order valence-corrected chi connectivity index (χ1v) is 8.18. The molecule has 0 radical (unpaired) electrons. The van der Waals surface area contributed by atoms with E-state index in [0.29, 0.717) is 22.1 Å². The smallest absolute Gasteiger partial charge is 0.231 e. The Labute approximate surface area is 133 Å². The number of thioether (sulfide) groups is 1. The summed E-state index contributed by atoms with van der Waals surface area (Å²) in [6.07, 6.45) is 1.26. The van der Waals surface area contributed by atoms with Crippen molar-refractivity contribution >= 4 is 17.7 Å². The summed E-state index contributed by atoms with van der Waals surface area (Å²) in [4.78, 5) is 12.0. The van der Waals surface area contributed by atoms with E-state index in [1.165, 1.54) is 11.8 Å². The zero-order valence-corrected chi connectivity index (χ0v) is 13.0. The molecular formula is C16H16N2O3S. The number of carbonyl (C=O) groups is 1. The van der Waals surface area contributed by atoms with Crippen LogP contribution in [0, 0.1) is 11.3 Å². The van der Waals surface area contributed by atoms with Crippen LogP contribution in [0.4, 0.5) is 0 Å². The average Bonchev–Trinajstić information content (AvgIpc) is 2.99. The summed E-state index contributed by atoms with van der Waals surface area (Å²) in [5.41, 5.74) is 1.53. The molecule has 1 N–H and O–H groups in total. The minimum absolute atomic E-state index is 0.0553. The number of allylic oxidation sites excluding steroid dienone is 1. The van der Waals surface area contributed by atoms with Crippen molar-refractivity contribution in [1.82, 2.24) is 5.32 Å². The van der Waals surface area contributed by atoms with Gasteiger partial charge in [-0.1, -0.05) is 13.0 Å². The number of hydrogen-bond donors (Lipinski definition) is 1. The zero-order valence-electron chi connectivity index (χ0n) is 12.2. The molecule has 2 aliphatic rings. The van der Waals surface area contributed by atoms with Gasteiger partial charge in [0, 0.05) is 12.3 Å². The molecule has 0 aliphatic carbocycles. The highest BCUT2D eigenvalue weighted by Gasteiger charge is 2.30. The predicted molar refractivity (Wildman–Crippen MR) is 83.5 cm³/mol. The second-order valence-electron chi connectivity index (χ2n) is 5.12. The first-order chi connectivity index (χ1) is 10.7. The summed E-state index contributed by atoms with van der Waals surface area (Å²) < 4.78 is 10.7. The van der Waals surface area contributed by atoms with Gasteiger partial charge in [-0.25, -0.2) is 0 Å². The Hall–Kier alpha value is -2.13. The molecule has 2 aliphatic heterocycles.